The minimum absolute atomic E-state index is 0.163. The minimum atomic E-state index is -4.53. The van der Waals surface area contributed by atoms with Crippen LogP contribution in [0.4, 0.5) is 13.2 Å². The molecule has 0 atom stereocenters. The summed E-state index contributed by atoms with van der Waals surface area (Å²) in [4.78, 5) is 0. The van der Waals surface area contributed by atoms with E-state index in [2.05, 4.69) is 5.10 Å². The van der Waals surface area contributed by atoms with E-state index in [9.17, 15) is 18.4 Å². The van der Waals surface area contributed by atoms with E-state index in [1.165, 1.54) is 11.7 Å². The van der Waals surface area contributed by atoms with Crippen LogP contribution in [0.1, 0.15) is 11.3 Å². The van der Waals surface area contributed by atoms with Crippen LogP contribution in [0.3, 0.4) is 0 Å². The summed E-state index contributed by atoms with van der Waals surface area (Å²) >= 11 is 0. The van der Waals surface area contributed by atoms with Crippen molar-refractivity contribution in [2.45, 2.75) is 13.1 Å². The van der Waals surface area contributed by atoms with Crippen LogP contribution >= 0.6 is 0 Å². The van der Waals surface area contributed by atoms with Crippen LogP contribution in [0.2, 0.25) is 0 Å². The molecule has 4 nitrogen and oxygen atoms in total. The number of alkyl halides is 3. The first-order valence-corrected chi connectivity index (χ1v) is 4.44. The van der Waals surface area contributed by atoms with Gasteiger partial charge in [-0.3, -0.25) is 4.68 Å². The molecule has 2 heterocycles. The maximum absolute atomic E-state index is 12.5. The predicted octanol–water partition coefficient (Wildman–Crippen LogP) is 1.53. The van der Waals surface area contributed by atoms with Gasteiger partial charge in [-0.25, -0.2) is 0 Å². The van der Waals surface area contributed by atoms with Gasteiger partial charge in [-0.1, -0.05) is 0 Å². The maximum Gasteiger partial charge on any atom is 0.422 e. The van der Waals surface area contributed by atoms with E-state index in [0.717, 1.165) is 6.07 Å². The average molecular weight is 231 g/mol. The number of hydrogen-bond acceptors (Lipinski definition) is 2. The standard InChI is InChI=1S/C9H8F3N3O/c1-5-8-7(14(2)13-5)3-6(4-15(8)16)9(10,11)12/h3-4H,1-2H3. The summed E-state index contributed by atoms with van der Waals surface area (Å²) in [7, 11) is 1.50. The molecule has 0 amide bonds. The number of hydrogen-bond donors (Lipinski definition) is 0. The van der Waals surface area contributed by atoms with Crippen LogP contribution in [-0.4, -0.2) is 9.78 Å². The third-order valence-corrected chi connectivity index (χ3v) is 2.33. The smallest absolute Gasteiger partial charge is 0.422 e. The highest BCUT2D eigenvalue weighted by Crippen LogP contribution is 2.30. The van der Waals surface area contributed by atoms with Gasteiger partial charge in [0, 0.05) is 7.05 Å². The molecule has 7 heteroatoms. The Kier molecular flexibility index (Phi) is 2.08. The first-order chi connectivity index (χ1) is 7.30. The fourth-order valence-electron chi connectivity index (χ4n) is 1.63. The molecule has 2 aromatic heterocycles. The lowest BCUT2D eigenvalue weighted by Gasteiger charge is -2.06. The van der Waals surface area contributed by atoms with E-state index in [4.69, 9.17) is 0 Å². The van der Waals surface area contributed by atoms with Crippen LogP contribution < -0.4 is 4.73 Å². The SMILES string of the molecule is Cc1nn(C)c2cc(C(F)(F)F)c[n+]([O-])c12. The van der Waals surface area contributed by atoms with Crippen molar-refractivity contribution < 1.29 is 17.9 Å². The monoisotopic (exact) mass is 231 g/mol. The van der Waals surface area contributed by atoms with Gasteiger partial charge in [0.2, 0.25) is 0 Å². The van der Waals surface area contributed by atoms with Crippen LogP contribution in [0, 0.1) is 12.1 Å². The van der Waals surface area contributed by atoms with Crippen molar-refractivity contribution in [2.24, 2.45) is 7.05 Å². The highest BCUT2D eigenvalue weighted by atomic mass is 19.4. The lowest BCUT2D eigenvalue weighted by Crippen LogP contribution is -2.29. The van der Waals surface area contributed by atoms with Crippen molar-refractivity contribution in [3.8, 4) is 0 Å². The molecule has 0 fully saturated rings. The molecule has 0 bridgehead atoms. The highest BCUT2D eigenvalue weighted by Gasteiger charge is 2.34. The van der Waals surface area contributed by atoms with E-state index in [1.54, 1.807) is 6.92 Å². The van der Waals surface area contributed by atoms with Gasteiger partial charge in [-0.15, -0.1) is 0 Å². The second kappa shape index (κ2) is 3.10. The zero-order valence-corrected chi connectivity index (χ0v) is 8.54. The molecule has 0 aromatic carbocycles. The molecule has 0 aliphatic heterocycles. The fourth-order valence-corrected chi connectivity index (χ4v) is 1.63. The van der Waals surface area contributed by atoms with Gasteiger partial charge in [-0.2, -0.15) is 23.0 Å². The molecule has 2 aromatic rings. The van der Waals surface area contributed by atoms with Gasteiger partial charge in [0.15, 0.2) is 6.20 Å². The van der Waals surface area contributed by atoms with Gasteiger partial charge in [0.1, 0.15) is 16.8 Å². The third kappa shape index (κ3) is 1.48. The molecule has 86 valence electrons. The molecule has 2 rings (SSSR count). The van der Waals surface area contributed by atoms with Gasteiger partial charge in [-0.05, 0) is 13.0 Å². The first-order valence-electron chi connectivity index (χ1n) is 4.44. The molecule has 0 N–H and O–H groups in total. The van der Waals surface area contributed by atoms with Gasteiger partial charge < -0.3 is 5.21 Å². The van der Waals surface area contributed by atoms with Gasteiger partial charge >= 0.3 is 6.18 Å². The van der Waals surface area contributed by atoms with Crippen molar-refractivity contribution >= 4 is 11.0 Å². The average Bonchev–Trinajstić information content (AvgIpc) is 2.41. The molecule has 16 heavy (non-hydrogen) atoms. The second-order valence-electron chi connectivity index (χ2n) is 3.50. The van der Waals surface area contributed by atoms with Crippen molar-refractivity contribution in [1.82, 2.24) is 9.78 Å². The zero-order chi connectivity index (χ0) is 12.1. The van der Waals surface area contributed by atoms with Gasteiger partial charge in [0.25, 0.3) is 5.52 Å². The normalized spacial score (nSPS) is 12.3. The number of aromatic nitrogens is 3. The Balaban J connectivity index is 2.82. The predicted molar refractivity (Wildman–Crippen MR) is 49.4 cm³/mol. The number of fused-ring (bicyclic) bond motifs is 1. The Morgan fingerprint density at radius 2 is 2.06 bits per heavy atom. The number of nitrogens with zero attached hydrogens (tertiary/aromatic N) is 3. The lowest BCUT2D eigenvalue weighted by molar-refractivity contribution is -0.578. The largest absolute Gasteiger partial charge is 0.618 e. The summed E-state index contributed by atoms with van der Waals surface area (Å²) in [5.74, 6) is 0. The zero-order valence-electron chi connectivity index (χ0n) is 8.54. The molecule has 0 radical (unpaired) electrons. The molecular formula is C9H8F3N3O. The Labute approximate surface area is 88.5 Å². The molecule has 0 aliphatic rings. The van der Waals surface area contributed by atoms with Gasteiger partial charge in [0.05, 0.1) is 0 Å². The molecule has 0 unspecified atom stereocenters. The summed E-state index contributed by atoms with van der Waals surface area (Å²) in [5, 5.41) is 15.3. The van der Waals surface area contributed by atoms with Crippen LogP contribution in [0.15, 0.2) is 12.3 Å². The summed E-state index contributed by atoms with van der Waals surface area (Å²) in [6, 6.07) is 0.920. The number of pyridine rings is 1. The number of aryl methyl sites for hydroxylation is 2. The molecular weight excluding hydrogens is 223 g/mol. The van der Waals surface area contributed by atoms with Crippen molar-refractivity contribution in [1.29, 1.82) is 0 Å². The Bertz CT molecular complexity index is 559. The number of rotatable bonds is 0. The molecule has 0 saturated heterocycles. The fraction of sp³-hybridized carbons (Fsp3) is 0.333. The van der Waals surface area contributed by atoms with Crippen molar-refractivity contribution in [3.05, 3.63) is 28.7 Å². The summed E-state index contributed by atoms with van der Waals surface area (Å²) in [5.41, 5.74) is -0.239. The van der Waals surface area contributed by atoms with E-state index in [1.807, 2.05) is 0 Å². The Hall–Kier alpha value is -1.79. The topological polar surface area (TPSA) is 44.8 Å². The number of halogens is 3. The van der Waals surface area contributed by atoms with E-state index >= 15 is 0 Å². The molecule has 0 spiro atoms. The Morgan fingerprint density at radius 3 is 2.62 bits per heavy atom. The Morgan fingerprint density at radius 1 is 1.44 bits per heavy atom. The third-order valence-electron chi connectivity index (χ3n) is 2.33. The van der Waals surface area contributed by atoms with Crippen molar-refractivity contribution in [3.63, 3.8) is 0 Å². The lowest BCUT2D eigenvalue weighted by atomic mass is 10.2. The summed E-state index contributed by atoms with van der Waals surface area (Å²) in [6.07, 6.45) is -4.00. The van der Waals surface area contributed by atoms with E-state index < -0.39 is 11.7 Å². The summed E-state index contributed by atoms with van der Waals surface area (Å²) in [6.45, 7) is 1.57. The summed E-state index contributed by atoms with van der Waals surface area (Å²) < 4.78 is 38.8. The van der Waals surface area contributed by atoms with Crippen molar-refractivity contribution in [2.75, 3.05) is 0 Å². The quantitative estimate of drug-likeness (QED) is 0.510. The molecule has 0 aliphatic carbocycles. The molecule has 0 saturated carbocycles. The highest BCUT2D eigenvalue weighted by molar-refractivity contribution is 5.74. The van der Waals surface area contributed by atoms with E-state index in [0.29, 0.717) is 11.9 Å². The van der Waals surface area contributed by atoms with Crippen LogP contribution in [0.25, 0.3) is 11.0 Å². The van der Waals surface area contributed by atoms with Crippen LogP contribution in [0.5, 0.6) is 0 Å². The maximum atomic E-state index is 12.5. The second-order valence-corrected chi connectivity index (χ2v) is 3.50. The first kappa shape index (κ1) is 10.7. The van der Waals surface area contributed by atoms with Crippen LogP contribution in [-0.2, 0) is 13.2 Å². The minimum Gasteiger partial charge on any atom is -0.618 e. The van der Waals surface area contributed by atoms with E-state index in [-0.39, 0.29) is 15.8 Å².